The Kier molecular flexibility index (Phi) is 22.3. The highest BCUT2D eigenvalue weighted by molar-refractivity contribution is 6.59. The van der Waals surface area contributed by atoms with Crippen LogP contribution in [0.15, 0.2) is 0 Å². The summed E-state index contributed by atoms with van der Waals surface area (Å²) in [5.74, 6) is -1.69. The lowest BCUT2D eigenvalue weighted by Gasteiger charge is -2.14. The van der Waals surface area contributed by atoms with E-state index in [-0.39, 0.29) is 24.7 Å². The van der Waals surface area contributed by atoms with E-state index in [1.54, 1.807) is 0 Å². The first-order valence-electron chi connectivity index (χ1n) is 14.1. The van der Waals surface area contributed by atoms with E-state index in [0.29, 0.717) is 32.2 Å². The second-order valence-electron chi connectivity index (χ2n) is 9.84. The van der Waals surface area contributed by atoms with Gasteiger partial charge in [-0.3, -0.25) is 9.59 Å². The molecule has 2 atom stereocenters. The highest BCUT2D eigenvalue weighted by Gasteiger charge is 2.20. The van der Waals surface area contributed by atoms with Crippen molar-refractivity contribution in [3.8, 4) is 0 Å². The Bertz CT molecular complexity index is 618. The van der Waals surface area contributed by atoms with E-state index in [4.69, 9.17) is 13.6 Å². The molecule has 0 saturated carbocycles. The van der Waals surface area contributed by atoms with Gasteiger partial charge < -0.3 is 26.3 Å². The minimum Gasteiger partial charge on any atom is -0.480 e. The van der Waals surface area contributed by atoms with Gasteiger partial charge in [0.1, 0.15) is 6.04 Å². The minimum absolute atomic E-state index is 0.0107. The van der Waals surface area contributed by atoms with Crippen LogP contribution in [0.4, 0.5) is 0 Å². The van der Waals surface area contributed by atoms with Gasteiger partial charge in [0.25, 0.3) is 0 Å². The number of hydrogen-bond donors (Lipinski definition) is 4. The fraction of sp³-hybridized carbons (Fsp3) is 0.852. The predicted octanol–water partition coefficient (Wildman–Crippen LogP) is 4.13. The van der Waals surface area contributed by atoms with E-state index >= 15 is 0 Å². The zero-order chi connectivity index (χ0) is 27.0. The van der Waals surface area contributed by atoms with Gasteiger partial charge in [-0.1, -0.05) is 84.0 Å². The van der Waals surface area contributed by atoms with E-state index in [1.165, 1.54) is 64.2 Å². The molecule has 5 N–H and O–H groups in total. The SMILES string of the molecule is [B]C(=O)C(N)CCCCNC(=O)CCC(NC(=O)CCCCCCCCCCCCCCC)C(=O)O. The summed E-state index contributed by atoms with van der Waals surface area (Å²) in [6, 6.07) is -1.75. The average molecular weight is 508 g/mol. The van der Waals surface area contributed by atoms with Crippen LogP contribution in [-0.4, -0.2) is 55.0 Å². The topological polar surface area (TPSA) is 139 Å². The smallest absolute Gasteiger partial charge is 0.326 e. The fourth-order valence-corrected chi connectivity index (χ4v) is 4.05. The number of carbonyl (C=O) groups excluding carboxylic acids is 3. The largest absolute Gasteiger partial charge is 0.480 e. The molecule has 0 aromatic rings. The highest BCUT2D eigenvalue weighted by Crippen LogP contribution is 2.13. The summed E-state index contributed by atoms with van der Waals surface area (Å²) in [7, 11) is 5.09. The van der Waals surface area contributed by atoms with E-state index in [9.17, 15) is 24.3 Å². The molecule has 0 aromatic heterocycles. The van der Waals surface area contributed by atoms with Gasteiger partial charge in [0, 0.05) is 19.4 Å². The standard InChI is InChI=1S/C27H50BN3O5/c1-2-3-4-5-6-7-8-9-10-11-12-13-14-18-25(33)31-23(27(35)36)19-20-24(32)30-21-16-15-17-22(29)26(28)34/h22-23H,2-21,29H2,1H3,(H,30,32)(H,31,33)(H,35,36). The Hall–Kier alpha value is -1.90. The monoisotopic (exact) mass is 507 g/mol. The van der Waals surface area contributed by atoms with Gasteiger partial charge in [-0.15, -0.1) is 0 Å². The maximum Gasteiger partial charge on any atom is 0.326 e. The molecule has 2 amide bonds. The van der Waals surface area contributed by atoms with E-state index in [0.717, 1.165) is 19.3 Å². The molecule has 0 fully saturated rings. The number of amides is 2. The number of carboxylic acids is 1. The van der Waals surface area contributed by atoms with Crippen molar-refractivity contribution in [2.45, 2.75) is 141 Å². The van der Waals surface area contributed by atoms with Crippen molar-refractivity contribution >= 4 is 31.3 Å². The van der Waals surface area contributed by atoms with E-state index < -0.39 is 23.7 Å². The number of unbranched alkanes of at least 4 members (excludes halogenated alkanes) is 13. The summed E-state index contributed by atoms with van der Waals surface area (Å²) in [6.07, 6.45) is 18.0. The van der Waals surface area contributed by atoms with Gasteiger partial charge in [-0.05, 0) is 32.1 Å². The number of rotatable bonds is 25. The van der Waals surface area contributed by atoms with Crippen LogP contribution in [0.25, 0.3) is 0 Å². The molecule has 0 aliphatic heterocycles. The van der Waals surface area contributed by atoms with Crippen LogP contribution in [0.1, 0.15) is 129 Å². The van der Waals surface area contributed by atoms with E-state index in [2.05, 4.69) is 17.6 Å². The molecule has 2 radical (unpaired) electrons. The van der Waals surface area contributed by atoms with Crippen LogP contribution in [0, 0.1) is 0 Å². The quantitative estimate of drug-likeness (QED) is 0.108. The van der Waals surface area contributed by atoms with Crippen LogP contribution in [-0.2, 0) is 19.2 Å². The lowest BCUT2D eigenvalue weighted by molar-refractivity contribution is -0.142. The number of carbonyl (C=O) groups is 4. The Morgan fingerprint density at radius 3 is 1.75 bits per heavy atom. The molecule has 2 unspecified atom stereocenters. The first-order chi connectivity index (χ1) is 17.3. The maximum atomic E-state index is 12.1. The van der Waals surface area contributed by atoms with Gasteiger partial charge in [0.15, 0.2) is 7.85 Å². The van der Waals surface area contributed by atoms with Crippen LogP contribution in [0.2, 0.25) is 0 Å². The second-order valence-corrected chi connectivity index (χ2v) is 9.84. The summed E-state index contributed by atoms with van der Waals surface area (Å²) < 4.78 is 0. The normalized spacial score (nSPS) is 12.6. The van der Waals surface area contributed by atoms with Crippen molar-refractivity contribution in [2.24, 2.45) is 5.73 Å². The van der Waals surface area contributed by atoms with Gasteiger partial charge in [-0.25, -0.2) is 4.79 Å². The number of nitrogens with one attached hydrogen (secondary N) is 2. The zero-order valence-corrected chi connectivity index (χ0v) is 22.5. The zero-order valence-electron chi connectivity index (χ0n) is 22.5. The second kappa shape index (κ2) is 23.5. The molecular formula is C27H50BN3O5. The summed E-state index contributed by atoms with van der Waals surface area (Å²) in [5.41, 5.74) is 5.00. The lowest BCUT2D eigenvalue weighted by Crippen LogP contribution is -2.41. The fourth-order valence-electron chi connectivity index (χ4n) is 4.05. The molecule has 0 rings (SSSR count). The molecule has 36 heavy (non-hydrogen) atoms. The molecule has 206 valence electrons. The Balaban J connectivity index is 3.78. The van der Waals surface area contributed by atoms with Gasteiger partial charge >= 0.3 is 5.97 Å². The summed E-state index contributed by atoms with van der Waals surface area (Å²) >= 11 is 0. The third-order valence-electron chi connectivity index (χ3n) is 6.43. The molecule has 0 aliphatic carbocycles. The van der Waals surface area contributed by atoms with Crippen molar-refractivity contribution in [2.75, 3.05) is 6.54 Å². The Morgan fingerprint density at radius 1 is 0.722 bits per heavy atom. The average Bonchev–Trinajstić information content (AvgIpc) is 2.83. The highest BCUT2D eigenvalue weighted by atomic mass is 16.4. The molecule has 8 nitrogen and oxygen atoms in total. The van der Waals surface area contributed by atoms with Crippen molar-refractivity contribution in [3.63, 3.8) is 0 Å². The molecular weight excluding hydrogens is 457 g/mol. The third-order valence-corrected chi connectivity index (χ3v) is 6.43. The van der Waals surface area contributed by atoms with Crippen molar-refractivity contribution in [1.29, 1.82) is 0 Å². The van der Waals surface area contributed by atoms with Crippen molar-refractivity contribution in [3.05, 3.63) is 0 Å². The van der Waals surface area contributed by atoms with Gasteiger partial charge in [0.05, 0.1) is 11.7 Å². The maximum absolute atomic E-state index is 12.1. The first-order valence-corrected chi connectivity index (χ1v) is 14.1. The number of nitrogens with two attached hydrogens (primary N) is 1. The number of carboxylic acid groups (broad SMARTS) is 1. The summed E-state index contributed by atoms with van der Waals surface area (Å²) in [5, 5.41) is 14.6. The third kappa shape index (κ3) is 21.4. The van der Waals surface area contributed by atoms with Crippen molar-refractivity contribution < 1.29 is 24.3 Å². The molecule has 0 heterocycles. The Morgan fingerprint density at radius 2 is 1.25 bits per heavy atom. The van der Waals surface area contributed by atoms with Crippen LogP contribution in [0.3, 0.4) is 0 Å². The van der Waals surface area contributed by atoms with Crippen molar-refractivity contribution in [1.82, 2.24) is 10.6 Å². The minimum atomic E-state index is -1.14. The molecule has 0 aliphatic rings. The molecule has 0 bridgehead atoms. The predicted molar refractivity (Wildman–Crippen MR) is 145 cm³/mol. The van der Waals surface area contributed by atoms with Crippen LogP contribution in [0.5, 0.6) is 0 Å². The number of hydrogen-bond acceptors (Lipinski definition) is 5. The van der Waals surface area contributed by atoms with Crippen LogP contribution < -0.4 is 16.4 Å². The Labute approximate surface area is 219 Å². The lowest BCUT2D eigenvalue weighted by atomic mass is 9.92. The van der Waals surface area contributed by atoms with Crippen LogP contribution >= 0.6 is 0 Å². The summed E-state index contributed by atoms with van der Waals surface area (Å²) in [4.78, 5) is 46.4. The first kappa shape index (κ1) is 34.1. The molecule has 0 spiro atoms. The van der Waals surface area contributed by atoms with Gasteiger partial charge in [0.2, 0.25) is 11.8 Å². The number of aliphatic carboxylic acids is 1. The van der Waals surface area contributed by atoms with Gasteiger partial charge in [-0.2, -0.15) is 0 Å². The van der Waals surface area contributed by atoms with E-state index in [1.807, 2.05) is 0 Å². The molecule has 9 heteroatoms. The summed E-state index contributed by atoms with van der Waals surface area (Å²) in [6.45, 7) is 2.65. The molecule has 0 aromatic carbocycles. The molecule has 0 saturated heterocycles.